The van der Waals surface area contributed by atoms with E-state index in [1.165, 1.54) is 5.56 Å². The van der Waals surface area contributed by atoms with Crippen molar-refractivity contribution in [1.82, 2.24) is 19.4 Å². The van der Waals surface area contributed by atoms with Gasteiger partial charge in [-0.2, -0.15) is 0 Å². The van der Waals surface area contributed by atoms with Gasteiger partial charge < -0.3 is 19.1 Å². The molecule has 40 heavy (non-hydrogen) atoms. The van der Waals surface area contributed by atoms with E-state index in [4.69, 9.17) is 21.3 Å². The lowest BCUT2D eigenvalue weighted by atomic mass is 9.96. The second-order valence-electron chi connectivity index (χ2n) is 10.8. The fourth-order valence-corrected chi connectivity index (χ4v) is 6.16. The van der Waals surface area contributed by atoms with E-state index in [-0.39, 0.29) is 5.92 Å². The van der Waals surface area contributed by atoms with Crippen LogP contribution in [0.15, 0.2) is 72.8 Å². The molecule has 0 saturated carbocycles. The zero-order valence-corrected chi connectivity index (χ0v) is 23.8. The first-order valence-electron chi connectivity index (χ1n) is 14.2. The van der Waals surface area contributed by atoms with Crippen molar-refractivity contribution in [2.45, 2.75) is 25.9 Å². The van der Waals surface area contributed by atoms with Gasteiger partial charge in [-0.15, -0.1) is 0 Å². The number of benzene rings is 3. The van der Waals surface area contributed by atoms with Gasteiger partial charge in [0, 0.05) is 50.0 Å². The van der Waals surface area contributed by atoms with Gasteiger partial charge in [0.05, 0.1) is 30.6 Å². The molecule has 6 rings (SSSR count). The normalized spacial score (nSPS) is 18.3. The maximum Gasteiger partial charge on any atom is 0.227 e. The molecule has 0 radical (unpaired) electrons. The molecule has 208 valence electrons. The number of fused-ring (bicyclic) bond motifs is 1. The highest BCUT2D eigenvalue weighted by molar-refractivity contribution is 6.30. The number of methoxy groups -OCH3 is 1. The van der Waals surface area contributed by atoms with E-state index >= 15 is 0 Å². The van der Waals surface area contributed by atoms with Crippen LogP contribution in [0.25, 0.3) is 11.0 Å². The van der Waals surface area contributed by atoms with E-state index in [1.807, 2.05) is 30.3 Å². The molecule has 2 aliphatic rings. The van der Waals surface area contributed by atoms with Crippen molar-refractivity contribution in [3.63, 3.8) is 0 Å². The summed E-state index contributed by atoms with van der Waals surface area (Å²) < 4.78 is 7.66. The van der Waals surface area contributed by atoms with Gasteiger partial charge in [0.2, 0.25) is 5.91 Å². The number of likely N-dealkylation sites (tertiary alicyclic amines) is 1. The first kappa shape index (κ1) is 26.7. The number of nitrogens with zero attached hydrogens (tertiary/aromatic N) is 5. The largest absolute Gasteiger partial charge is 0.497 e. The smallest absolute Gasteiger partial charge is 0.227 e. The molecule has 3 heterocycles. The van der Waals surface area contributed by atoms with Crippen molar-refractivity contribution in [3.05, 3.63) is 89.2 Å². The predicted octanol–water partition coefficient (Wildman–Crippen LogP) is 5.31. The lowest BCUT2D eigenvalue weighted by Crippen LogP contribution is -2.52. The molecule has 1 atom stereocenters. The minimum absolute atomic E-state index is 0.0373. The molecular weight excluding hydrogens is 522 g/mol. The molecule has 2 aliphatic heterocycles. The average Bonchev–Trinajstić information content (AvgIpc) is 3.34. The number of piperidine rings is 1. The van der Waals surface area contributed by atoms with E-state index < -0.39 is 0 Å². The first-order valence-corrected chi connectivity index (χ1v) is 14.5. The summed E-state index contributed by atoms with van der Waals surface area (Å²) >= 11 is 6.06. The Morgan fingerprint density at radius 2 is 1.68 bits per heavy atom. The third kappa shape index (κ3) is 5.81. The lowest BCUT2D eigenvalue weighted by molar-refractivity contribution is -0.137. The quantitative estimate of drug-likeness (QED) is 0.308. The van der Waals surface area contributed by atoms with Crippen molar-refractivity contribution < 1.29 is 9.53 Å². The molecule has 1 amide bonds. The van der Waals surface area contributed by atoms with Crippen LogP contribution in [0.5, 0.6) is 5.75 Å². The molecule has 0 bridgehead atoms. The summed E-state index contributed by atoms with van der Waals surface area (Å²) in [5.41, 5.74) is 4.51. The van der Waals surface area contributed by atoms with E-state index in [9.17, 15) is 4.79 Å². The Morgan fingerprint density at radius 3 is 2.42 bits per heavy atom. The number of rotatable bonds is 7. The van der Waals surface area contributed by atoms with Crippen molar-refractivity contribution in [3.8, 4) is 5.75 Å². The van der Waals surface area contributed by atoms with Crippen LogP contribution in [0.4, 0.5) is 5.69 Å². The van der Waals surface area contributed by atoms with Crippen molar-refractivity contribution in [2.75, 3.05) is 51.3 Å². The van der Waals surface area contributed by atoms with Crippen LogP contribution in [0.2, 0.25) is 5.02 Å². The average molecular weight is 558 g/mol. The second kappa shape index (κ2) is 11.9. The van der Waals surface area contributed by atoms with E-state index in [0.29, 0.717) is 5.91 Å². The molecular formula is C32H36ClN5O2. The zero-order valence-electron chi connectivity index (χ0n) is 23.0. The number of para-hydroxylation sites is 2. The van der Waals surface area contributed by atoms with E-state index in [2.05, 4.69) is 61.7 Å². The van der Waals surface area contributed by atoms with Gasteiger partial charge >= 0.3 is 0 Å². The lowest BCUT2D eigenvalue weighted by Gasteiger charge is -2.39. The summed E-state index contributed by atoms with van der Waals surface area (Å²) in [6, 6.07) is 24.5. The van der Waals surface area contributed by atoms with Gasteiger partial charge in [-0.1, -0.05) is 35.9 Å². The van der Waals surface area contributed by atoms with Gasteiger partial charge in [-0.3, -0.25) is 9.69 Å². The molecule has 2 fully saturated rings. The Balaban J connectivity index is 1.12. The Morgan fingerprint density at radius 1 is 0.925 bits per heavy atom. The Labute approximate surface area is 240 Å². The molecule has 0 N–H and O–H groups in total. The number of piperazine rings is 1. The minimum Gasteiger partial charge on any atom is -0.497 e. The highest BCUT2D eigenvalue weighted by Crippen LogP contribution is 2.25. The number of amides is 1. The van der Waals surface area contributed by atoms with Gasteiger partial charge in [-0.25, -0.2) is 4.98 Å². The number of hydrogen-bond donors (Lipinski definition) is 0. The molecule has 0 aliphatic carbocycles. The van der Waals surface area contributed by atoms with Crippen LogP contribution in [0, 0.1) is 5.92 Å². The van der Waals surface area contributed by atoms with Crippen molar-refractivity contribution >= 4 is 34.2 Å². The minimum atomic E-state index is 0.0373. The molecule has 2 saturated heterocycles. The summed E-state index contributed by atoms with van der Waals surface area (Å²) in [5.74, 6) is 2.24. The van der Waals surface area contributed by atoms with Crippen molar-refractivity contribution in [1.29, 1.82) is 0 Å². The highest BCUT2D eigenvalue weighted by atomic mass is 35.5. The third-order valence-corrected chi connectivity index (χ3v) is 8.49. The van der Waals surface area contributed by atoms with Crippen LogP contribution in [0.1, 0.15) is 24.2 Å². The van der Waals surface area contributed by atoms with Crippen LogP contribution < -0.4 is 9.64 Å². The fraction of sp³-hybridized carbons (Fsp3) is 0.375. The Hall–Kier alpha value is -3.55. The Kier molecular flexibility index (Phi) is 7.93. The first-order chi connectivity index (χ1) is 19.6. The highest BCUT2D eigenvalue weighted by Gasteiger charge is 2.31. The summed E-state index contributed by atoms with van der Waals surface area (Å²) in [6.45, 7) is 6.46. The number of imidazole rings is 1. The van der Waals surface area contributed by atoms with Crippen LogP contribution in [-0.2, 0) is 17.9 Å². The predicted molar refractivity (Wildman–Crippen MR) is 160 cm³/mol. The van der Waals surface area contributed by atoms with Gasteiger partial charge in [0.1, 0.15) is 11.6 Å². The number of ether oxygens (including phenoxy) is 1. The Bertz CT molecular complexity index is 1440. The zero-order chi connectivity index (χ0) is 27.5. The maximum atomic E-state index is 13.6. The van der Waals surface area contributed by atoms with Gasteiger partial charge in [-0.05, 0) is 73.5 Å². The maximum absolute atomic E-state index is 13.6. The molecule has 3 aromatic carbocycles. The van der Waals surface area contributed by atoms with E-state index in [1.54, 1.807) is 7.11 Å². The molecule has 4 aromatic rings. The summed E-state index contributed by atoms with van der Waals surface area (Å²) in [6.07, 6.45) is 1.98. The summed E-state index contributed by atoms with van der Waals surface area (Å²) in [4.78, 5) is 25.4. The number of carbonyl (C=O) groups excluding carboxylic acids is 1. The fourth-order valence-electron chi connectivity index (χ4n) is 6.03. The number of anilines is 1. The van der Waals surface area contributed by atoms with Gasteiger partial charge in [0.25, 0.3) is 0 Å². The molecule has 8 heteroatoms. The standard InChI is InChI=1S/C32H36ClN5O2/c1-40-28-14-8-24(9-15-28)21-38-30-7-3-2-6-29(30)34-31(38)23-35-16-4-5-25(22-35)32(39)37-19-17-36(18-20-37)27-12-10-26(33)11-13-27/h2-3,6-15,25H,4-5,16-23H2,1H3/t25-/m1/s1. The summed E-state index contributed by atoms with van der Waals surface area (Å²) in [7, 11) is 1.69. The SMILES string of the molecule is COc1ccc(Cn2c(CN3CCC[C@@H](C(=O)N4CCN(c5ccc(Cl)cc5)CC4)C3)nc3ccccc32)cc1. The molecule has 1 aromatic heterocycles. The number of hydrogen-bond acceptors (Lipinski definition) is 5. The molecule has 0 unspecified atom stereocenters. The number of aromatic nitrogens is 2. The summed E-state index contributed by atoms with van der Waals surface area (Å²) in [5, 5.41) is 0.746. The van der Waals surface area contributed by atoms with Crippen LogP contribution in [0.3, 0.4) is 0 Å². The number of carbonyl (C=O) groups is 1. The van der Waals surface area contributed by atoms with Gasteiger partial charge in [0.15, 0.2) is 0 Å². The molecule has 7 nitrogen and oxygen atoms in total. The molecule has 0 spiro atoms. The second-order valence-corrected chi connectivity index (χ2v) is 11.3. The van der Waals surface area contributed by atoms with Crippen molar-refractivity contribution in [2.24, 2.45) is 5.92 Å². The monoisotopic (exact) mass is 557 g/mol. The third-order valence-electron chi connectivity index (χ3n) is 8.24. The number of halogens is 1. The topological polar surface area (TPSA) is 53.8 Å². The van der Waals surface area contributed by atoms with Crippen LogP contribution in [-0.4, -0.2) is 71.6 Å². The van der Waals surface area contributed by atoms with E-state index in [0.717, 1.165) is 98.5 Å². The van der Waals surface area contributed by atoms with Crippen LogP contribution >= 0.6 is 11.6 Å².